The normalized spacial score (nSPS) is 18.0. The highest BCUT2D eigenvalue weighted by molar-refractivity contribution is 6.09. The summed E-state index contributed by atoms with van der Waals surface area (Å²) in [5.41, 5.74) is 1.77. The van der Waals surface area contributed by atoms with Crippen molar-refractivity contribution in [1.29, 1.82) is 0 Å². The molecule has 2 aromatic carbocycles. The van der Waals surface area contributed by atoms with Crippen LogP contribution in [0.1, 0.15) is 29.3 Å². The van der Waals surface area contributed by atoms with Crippen LogP contribution in [-0.2, 0) is 28.0 Å². The molecule has 3 aromatic rings. The first-order chi connectivity index (χ1) is 14.0. The van der Waals surface area contributed by atoms with Crippen molar-refractivity contribution in [3.63, 3.8) is 0 Å². The second-order valence-corrected chi connectivity index (χ2v) is 7.29. The number of aryl methyl sites for hydroxylation is 1. The van der Waals surface area contributed by atoms with Crippen LogP contribution in [0.2, 0.25) is 0 Å². The first-order valence-electron chi connectivity index (χ1n) is 9.47. The second kappa shape index (κ2) is 7.50. The fraction of sp³-hybridized carbons (Fsp3) is 0.273. The minimum absolute atomic E-state index is 0.0369. The molecule has 0 fully saturated rings. The van der Waals surface area contributed by atoms with E-state index in [1.165, 1.54) is 0 Å². The minimum atomic E-state index is -0.957. The topological polar surface area (TPSA) is 88.3 Å². The Balaban J connectivity index is 1.64. The summed E-state index contributed by atoms with van der Waals surface area (Å²) >= 11 is 0. The predicted molar refractivity (Wildman–Crippen MR) is 107 cm³/mol. The molecule has 2 amide bonds. The van der Waals surface area contributed by atoms with Crippen LogP contribution in [0, 0.1) is 6.92 Å². The van der Waals surface area contributed by atoms with Crippen LogP contribution in [-0.4, -0.2) is 29.1 Å². The number of rotatable bonds is 6. The largest absolute Gasteiger partial charge is 0.424 e. The fourth-order valence-electron chi connectivity index (χ4n) is 3.98. The maximum atomic E-state index is 13.4. The molecule has 4 rings (SSSR count). The van der Waals surface area contributed by atoms with Gasteiger partial charge in [0.25, 0.3) is 0 Å². The number of likely N-dealkylation sites (N-methyl/N-ethyl adjacent to an activating group) is 1. The number of para-hydroxylation sites is 1. The van der Waals surface area contributed by atoms with Gasteiger partial charge in [0, 0.05) is 26.1 Å². The number of nitrogens with zero attached hydrogens (tertiary/aromatic N) is 3. The van der Waals surface area contributed by atoms with Crippen LogP contribution in [0.3, 0.4) is 0 Å². The molecule has 1 aromatic heterocycles. The monoisotopic (exact) mass is 390 g/mol. The van der Waals surface area contributed by atoms with E-state index in [1.807, 2.05) is 54.6 Å². The van der Waals surface area contributed by atoms with Crippen molar-refractivity contribution in [2.75, 3.05) is 11.9 Å². The molecule has 0 spiro atoms. The summed E-state index contributed by atoms with van der Waals surface area (Å²) in [6.45, 7) is 1.82. The number of carbonyl (C=O) groups is 2. The van der Waals surface area contributed by atoms with Gasteiger partial charge in [0.05, 0.1) is 12.0 Å². The van der Waals surface area contributed by atoms with Crippen molar-refractivity contribution in [3.05, 3.63) is 77.5 Å². The molecule has 7 nitrogen and oxygen atoms in total. The van der Waals surface area contributed by atoms with Gasteiger partial charge in [-0.15, -0.1) is 10.2 Å². The zero-order chi connectivity index (χ0) is 20.4. The van der Waals surface area contributed by atoms with Crippen LogP contribution in [0.25, 0.3) is 0 Å². The highest BCUT2D eigenvalue weighted by atomic mass is 16.4. The molecule has 1 aliphatic heterocycles. The number of hydrogen-bond donors (Lipinski definition) is 1. The van der Waals surface area contributed by atoms with E-state index in [1.54, 1.807) is 18.9 Å². The van der Waals surface area contributed by atoms with Gasteiger partial charge >= 0.3 is 0 Å². The van der Waals surface area contributed by atoms with Crippen molar-refractivity contribution in [1.82, 2.24) is 15.5 Å². The summed E-state index contributed by atoms with van der Waals surface area (Å²) < 4.78 is 5.31. The Morgan fingerprint density at radius 1 is 1.10 bits per heavy atom. The zero-order valence-electron chi connectivity index (χ0n) is 16.4. The summed E-state index contributed by atoms with van der Waals surface area (Å²) in [6, 6.07) is 17.4. The third-order valence-corrected chi connectivity index (χ3v) is 5.31. The van der Waals surface area contributed by atoms with E-state index < -0.39 is 5.41 Å². The Hall–Kier alpha value is -3.48. The molecule has 0 saturated carbocycles. The molecule has 1 N–H and O–H groups in total. The number of carbonyl (C=O) groups excluding carboxylic acids is 2. The standard InChI is InChI=1S/C22H22N4O3/c1-15-24-25-20(29-15)14-23-19(27)13-22(12-16-8-4-3-5-9-16)17-10-6-7-11-18(17)26(2)21(22)28/h3-11H,12-14H2,1-2H3,(H,23,27)/t22-/m0/s1. The molecule has 7 heteroatoms. The Morgan fingerprint density at radius 3 is 2.55 bits per heavy atom. The van der Waals surface area contributed by atoms with Gasteiger partial charge in [-0.05, 0) is 23.6 Å². The number of fused-ring (bicyclic) bond motifs is 1. The molecule has 0 radical (unpaired) electrons. The van der Waals surface area contributed by atoms with Gasteiger partial charge in [0.1, 0.15) is 0 Å². The van der Waals surface area contributed by atoms with Gasteiger partial charge in [0.2, 0.25) is 23.6 Å². The lowest BCUT2D eigenvalue weighted by Gasteiger charge is -2.28. The molecule has 0 saturated heterocycles. The molecule has 1 atom stereocenters. The van der Waals surface area contributed by atoms with Crippen molar-refractivity contribution < 1.29 is 14.0 Å². The van der Waals surface area contributed by atoms with Crippen LogP contribution >= 0.6 is 0 Å². The van der Waals surface area contributed by atoms with Crippen molar-refractivity contribution in [2.45, 2.75) is 31.7 Å². The maximum Gasteiger partial charge on any atom is 0.238 e. The number of aromatic nitrogens is 2. The first kappa shape index (κ1) is 18.9. The Kier molecular flexibility index (Phi) is 4.88. The Morgan fingerprint density at radius 2 is 1.83 bits per heavy atom. The van der Waals surface area contributed by atoms with E-state index in [9.17, 15) is 9.59 Å². The average Bonchev–Trinajstić information content (AvgIpc) is 3.23. The van der Waals surface area contributed by atoms with Gasteiger partial charge in [-0.3, -0.25) is 9.59 Å². The second-order valence-electron chi connectivity index (χ2n) is 7.29. The van der Waals surface area contributed by atoms with Gasteiger partial charge in [-0.25, -0.2) is 0 Å². The quantitative estimate of drug-likeness (QED) is 0.699. The van der Waals surface area contributed by atoms with Crippen molar-refractivity contribution in [3.8, 4) is 0 Å². The lowest BCUT2D eigenvalue weighted by atomic mass is 9.73. The average molecular weight is 390 g/mol. The third-order valence-electron chi connectivity index (χ3n) is 5.31. The SMILES string of the molecule is Cc1nnc(CNC(=O)C[C@]2(Cc3ccccc3)C(=O)N(C)c3ccccc32)o1. The van der Waals surface area contributed by atoms with Gasteiger partial charge < -0.3 is 14.6 Å². The highest BCUT2D eigenvalue weighted by Crippen LogP contribution is 2.45. The zero-order valence-corrected chi connectivity index (χ0v) is 16.4. The molecule has 1 aliphatic rings. The molecule has 29 heavy (non-hydrogen) atoms. The minimum Gasteiger partial charge on any atom is -0.424 e. The van der Waals surface area contributed by atoms with Crippen molar-refractivity contribution in [2.24, 2.45) is 0 Å². The van der Waals surface area contributed by atoms with Crippen LogP contribution in [0.15, 0.2) is 59.0 Å². The van der Waals surface area contributed by atoms with E-state index in [-0.39, 0.29) is 24.8 Å². The molecule has 2 heterocycles. The Labute approximate surface area is 168 Å². The third kappa shape index (κ3) is 3.51. The van der Waals surface area contributed by atoms with E-state index in [2.05, 4.69) is 15.5 Å². The summed E-state index contributed by atoms with van der Waals surface area (Å²) in [6.07, 6.45) is 0.482. The smallest absolute Gasteiger partial charge is 0.238 e. The Bertz CT molecular complexity index is 1050. The number of anilines is 1. The molecule has 0 unspecified atom stereocenters. The fourth-order valence-corrected chi connectivity index (χ4v) is 3.98. The first-order valence-corrected chi connectivity index (χ1v) is 9.47. The summed E-state index contributed by atoms with van der Waals surface area (Å²) in [5.74, 6) is 0.459. The van der Waals surface area contributed by atoms with Crippen LogP contribution in [0.4, 0.5) is 5.69 Å². The number of hydrogen-bond acceptors (Lipinski definition) is 5. The predicted octanol–water partition coefficient (Wildman–Crippen LogP) is 2.54. The lowest BCUT2D eigenvalue weighted by Crippen LogP contribution is -2.44. The molecule has 0 bridgehead atoms. The highest BCUT2D eigenvalue weighted by Gasteiger charge is 2.50. The molecule has 0 aliphatic carbocycles. The summed E-state index contributed by atoms with van der Waals surface area (Å²) in [5, 5.41) is 10.5. The molecular formula is C22H22N4O3. The lowest BCUT2D eigenvalue weighted by molar-refractivity contribution is -0.129. The summed E-state index contributed by atoms with van der Waals surface area (Å²) in [4.78, 5) is 27.9. The number of amides is 2. The van der Waals surface area contributed by atoms with E-state index in [0.717, 1.165) is 16.8 Å². The maximum absolute atomic E-state index is 13.4. The number of benzene rings is 2. The van der Waals surface area contributed by atoms with Gasteiger partial charge in [-0.2, -0.15) is 0 Å². The van der Waals surface area contributed by atoms with Crippen LogP contribution in [0.5, 0.6) is 0 Å². The number of nitrogens with one attached hydrogen (secondary N) is 1. The van der Waals surface area contributed by atoms with Crippen LogP contribution < -0.4 is 10.2 Å². The molecular weight excluding hydrogens is 368 g/mol. The van der Waals surface area contributed by atoms with E-state index in [0.29, 0.717) is 18.2 Å². The van der Waals surface area contributed by atoms with Crippen molar-refractivity contribution >= 4 is 17.5 Å². The van der Waals surface area contributed by atoms with E-state index >= 15 is 0 Å². The van der Waals surface area contributed by atoms with Gasteiger partial charge in [-0.1, -0.05) is 48.5 Å². The molecule has 148 valence electrons. The van der Waals surface area contributed by atoms with Gasteiger partial charge in [0.15, 0.2) is 0 Å². The summed E-state index contributed by atoms with van der Waals surface area (Å²) in [7, 11) is 1.76. The van der Waals surface area contributed by atoms with E-state index in [4.69, 9.17) is 4.42 Å².